The Kier molecular flexibility index (Phi) is 5.37. The summed E-state index contributed by atoms with van der Waals surface area (Å²) in [6, 6.07) is 4.42. The molecule has 0 spiro atoms. The monoisotopic (exact) mass is 383 g/mol. The molecule has 1 amide bonds. The molecule has 2 heterocycles. The normalized spacial score (nSPS) is 25.8. The Hall–Kier alpha value is -1.51. The van der Waals surface area contributed by atoms with Crippen molar-refractivity contribution in [1.82, 2.24) is 14.7 Å². The zero-order chi connectivity index (χ0) is 19.1. The van der Waals surface area contributed by atoms with Crippen LogP contribution < -0.4 is 0 Å². The minimum absolute atomic E-state index is 0.0177. The molecule has 0 N–H and O–H groups in total. The van der Waals surface area contributed by atoms with E-state index in [-0.39, 0.29) is 41.9 Å². The van der Waals surface area contributed by atoms with Crippen LogP contribution in [0.2, 0.25) is 0 Å². The van der Waals surface area contributed by atoms with Crippen molar-refractivity contribution in [2.45, 2.75) is 25.6 Å². The van der Waals surface area contributed by atoms with Crippen LogP contribution in [-0.2, 0) is 21.2 Å². The predicted molar refractivity (Wildman–Crippen MR) is 98.0 cm³/mol. The number of piperazine rings is 1. The number of halogens is 1. The van der Waals surface area contributed by atoms with E-state index in [0.29, 0.717) is 19.6 Å². The fourth-order valence-electron chi connectivity index (χ4n) is 3.86. The van der Waals surface area contributed by atoms with E-state index in [4.69, 9.17) is 0 Å². The van der Waals surface area contributed by atoms with Crippen molar-refractivity contribution >= 4 is 15.7 Å². The van der Waals surface area contributed by atoms with Crippen LogP contribution in [-0.4, -0.2) is 86.3 Å². The van der Waals surface area contributed by atoms with E-state index in [2.05, 4.69) is 4.90 Å². The molecular formula is C18H26FN3O3S. The van der Waals surface area contributed by atoms with E-state index in [1.165, 1.54) is 17.0 Å². The van der Waals surface area contributed by atoms with Crippen molar-refractivity contribution in [3.05, 3.63) is 35.1 Å². The maximum Gasteiger partial charge on any atom is 0.236 e. The number of amides is 1. The summed E-state index contributed by atoms with van der Waals surface area (Å²) in [4.78, 5) is 17.8. The van der Waals surface area contributed by atoms with Gasteiger partial charge in [-0.1, -0.05) is 6.07 Å². The summed E-state index contributed by atoms with van der Waals surface area (Å²) in [5, 5.41) is 0. The Balaban J connectivity index is 1.79. The number of sulfone groups is 1. The number of nitrogens with zero attached hydrogens (tertiary/aromatic N) is 3. The highest BCUT2D eigenvalue weighted by atomic mass is 32.2. The van der Waals surface area contributed by atoms with E-state index in [9.17, 15) is 17.6 Å². The van der Waals surface area contributed by atoms with Crippen LogP contribution in [0.15, 0.2) is 18.2 Å². The lowest BCUT2D eigenvalue weighted by Gasteiger charge is -2.44. The quantitative estimate of drug-likeness (QED) is 0.758. The van der Waals surface area contributed by atoms with Gasteiger partial charge in [0.25, 0.3) is 0 Å². The molecule has 0 bridgehead atoms. The molecule has 0 radical (unpaired) electrons. The molecule has 8 heteroatoms. The second kappa shape index (κ2) is 7.25. The van der Waals surface area contributed by atoms with Gasteiger partial charge in [-0.3, -0.25) is 14.6 Å². The first-order chi connectivity index (χ1) is 12.2. The Bertz CT molecular complexity index is 797. The number of benzene rings is 1. The van der Waals surface area contributed by atoms with Gasteiger partial charge in [-0.2, -0.15) is 0 Å². The molecule has 2 saturated heterocycles. The van der Waals surface area contributed by atoms with Crippen molar-refractivity contribution < 1.29 is 17.6 Å². The molecule has 2 fully saturated rings. The third kappa shape index (κ3) is 4.07. The number of carbonyl (C=O) groups is 1. The predicted octanol–water partition coefficient (Wildman–Crippen LogP) is 0.506. The van der Waals surface area contributed by atoms with Crippen molar-refractivity contribution in [2.24, 2.45) is 0 Å². The van der Waals surface area contributed by atoms with Crippen LogP contribution in [0.4, 0.5) is 4.39 Å². The molecule has 6 nitrogen and oxygen atoms in total. The first-order valence-corrected chi connectivity index (χ1v) is 10.6. The van der Waals surface area contributed by atoms with Crippen molar-refractivity contribution in [3.63, 3.8) is 0 Å². The lowest BCUT2D eigenvalue weighted by molar-refractivity contribution is -0.131. The van der Waals surface area contributed by atoms with Gasteiger partial charge in [0, 0.05) is 45.8 Å². The Morgan fingerprint density at radius 1 is 1.19 bits per heavy atom. The highest BCUT2D eigenvalue weighted by Gasteiger charge is 2.46. The standard InChI is InChI=1S/C18H26FN3O3S/c1-13-8-15(19)5-4-14(13)9-21-6-7-22(10-18(23)20(2)3)17-12-26(24,25)11-16(17)21/h4-5,8,16-17H,6-7,9-12H2,1-3H3/t16-,17+/m1/s1. The molecular weight excluding hydrogens is 357 g/mol. The Morgan fingerprint density at radius 3 is 2.42 bits per heavy atom. The van der Waals surface area contributed by atoms with E-state index >= 15 is 0 Å². The van der Waals surface area contributed by atoms with Crippen LogP contribution in [0.1, 0.15) is 11.1 Å². The Morgan fingerprint density at radius 2 is 1.81 bits per heavy atom. The van der Waals surface area contributed by atoms with Gasteiger partial charge < -0.3 is 4.90 Å². The largest absolute Gasteiger partial charge is 0.348 e. The maximum absolute atomic E-state index is 13.3. The van der Waals surface area contributed by atoms with Gasteiger partial charge in [0.2, 0.25) is 5.91 Å². The summed E-state index contributed by atoms with van der Waals surface area (Å²) < 4.78 is 37.9. The number of likely N-dealkylation sites (N-methyl/N-ethyl adjacent to an activating group) is 1. The van der Waals surface area contributed by atoms with Gasteiger partial charge in [0.05, 0.1) is 18.1 Å². The van der Waals surface area contributed by atoms with Crippen molar-refractivity contribution in [3.8, 4) is 0 Å². The molecule has 1 aromatic rings. The molecule has 0 aromatic heterocycles. The summed E-state index contributed by atoms with van der Waals surface area (Å²) in [6.45, 7) is 4.05. The Labute approximate surface area is 154 Å². The fourth-order valence-corrected chi connectivity index (χ4v) is 5.90. The van der Waals surface area contributed by atoms with Crippen LogP contribution in [0.25, 0.3) is 0 Å². The van der Waals surface area contributed by atoms with Gasteiger partial charge in [0.15, 0.2) is 9.84 Å². The lowest BCUT2D eigenvalue weighted by Crippen LogP contribution is -2.60. The average molecular weight is 383 g/mol. The summed E-state index contributed by atoms with van der Waals surface area (Å²) >= 11 is 0. The number of carbonyl (C=O) groups excluding carboxylic acids is 1. The third-order valence-corrected chi connectivity index (χ3v) is 7.12. The van der Waals surface area contributed by atoms with Crippen LogP contribution >= 0.6 is 0 Å². The molecule has 0 aliphatic carbocycles. The number of hydrogen-bond donors (Lipinski definition) is 0. The van der Waals surface area contributed by atoms with E-state index in [0.717, 1.165) is 11.1 Å². The first kappa shape index (κ1) is 19.3. The van der Waals surface area contributed by atoms with Gasteiger partial charge in [-0.15, -0.1) is 0 Å². The number of aryl methyl sites for hydroxylation is 1. The molecule has 1 aromatic carbocycles. The lowest BCUT2D eigenvalue weighted by atomic mass is 10.0. The van der Waals surface area contributed by atoms with Gasteiger partial charge >= 0.3 is 0 Å². The van der Waals surface area contributed by atoms with Gasteiger partial charge in [-0.25, -0.2) is 12.8 Å². The summed E-state index contributed by atoms with van der Waals surface area (Å²) in [7, 11) is 0.286. The molecule has 26 heavy (non-hydrogen) atoms. The van der Waals surface area contributed by atoms with Crippen LogP contribution in [0, 0.1) is 12.7 Å². The van der Waals surface area contributed by atoms with Crippen LogP contribution in [0.5, 0.6) is 0 Å². The van der Waals surface area contributed by atoms with Gasteiger partial charge in [0.1, 0.15) is 5.82 Å². The van der Waals surface area contributed by atoms with E-state index < -0.39 is 9.84 Å². The second-order valence-electron chi connectivity index (χ2n) is 7.51. The molecule has 0 saturated carbocycles. The minimum Gasteiger partial charge on any atom is -0.348 e. The molecule has 2 aliphatic heterocycles. The maximum atomic E-state index is 13.3. The molecule has 2 aliphatic rings. The SMILES string of the molecule is Cc1cc(F)ccc1CN1CCN(CC(=O)N(C)C)[C@H]2CS(=O)(=O)C[C@H]21. The van der Waals surface area contributed by atoms with Crippen molar-refractivity contribution in [1.29, 1.82) is 0 Å². The van der Waals surface area contributed by atoms with E-state index in [1.807, 2.05) is 11.8 Å². The summed E-state index contributed by atoms with van der Waals surface area (Å²) in [6.07, 6.45) is 0. The highest BCUT2D eigenvalue weighted by Crippen LogP contribution is 2.28. The smallest absolute Gasteiger partial charge is 0.236 e. The molecule has 3 rings (SSSR count). The fraction of sp³-hybridized carbons (Fsp3) is 0.611. The van der Waals surface area contributed by atoms with E-state index in [1.54, 1.807) is 20.2 Å². The zero-order valence-corrected chi connectivity index (χ0v) is 16.3. The topological polar surface area (TPSA) is 60.9 Å². The second-order valence-corrected chi connectivity index (χ2v) is 9.67. The minimum atomic E-state index is -3.13. The molecule has 144 valence electrons. The molecule has 0 unspecified atom stereocenters. The van der Waals surface area contributed by atoms with Crippen LogP contribution in [0.3, 0.4) is 0 Å². The highest BCUT2D eigenvalue weighted by molar-refractivity contribution is 7.91. The van der Waals surface area contributed by atoms with Crippen molar-refractivity contribution in [2.75, 3.05) is 45.2 Å². The summed E-state index contributed by atoms with van der Waals surface area (Å²) in [5.74, 6) is -0.0718. The van der Waals surface area contributed by atoms with Gasteiger partial charge in [-0.05, 0) is 30.2 Å². The first-order valence-electron chi connectivity index (χ1n) is 8.80. The number of rotatable bonds is 4. The molecule has 2 atom stereocenters. The average Bonchev–Trinajstić information content (AvgIpc) is 2.87. The third-order valence-electron chi connectivity index (χ3n) is 5.42. The number of hydrogen-bond acceptors (Lipinski definition) is 5. The summed E-state index contributed by atoms with van der Waals surface area (Å²) in [5.41, 5.74) is 1.87. The zero-order valence-electron chi connectivity index (χ0n) is 15.5. The number of fused-ring (bicyclic) bond motifs is 1.